The van der Waals surface area contributed by atoms with E-state index in [-0.39, 0.29) is 0 Å². The molecule has 0 atom stereocenters. The van der Waals surface area contributed by atoms with Gasteiger partial charge < -0.3 is 10.5 Å². The first-order valence-electron chi connectivity index (χ1n) is 5.86. The average molecular weight is 259 g/mol. The zero-order chi connectivity index (χ0) is 12.8. The maximum Gasteiger partial charge on any atom is 0.0971 e. The molecule has 0 amide bonds. The van der Waals surface area contributed by atoms with E-state index in [1.54, 1.807) is 11.8 Å². The SMILES string of the molecule is Cc1cc(SCOCc2ccccc2)ccc1N. The van der Waals surface area contributed by atoms with Crippen LogP contribution in [0.1, 0.15) is 11.1 Å². The minimum absolute atomic E-state index is 0.651. The molecule has 0 aromatic heterocycles. The summed E-state index contributed by atoms with van der Waals surface area (Å²) in [7, 11) is 0. The van der Waals surface area contributed by atoms with Crippen LogP contribution in [0.5, 0.6) is 0 Å². The van der Waals surface area contributed by atoms with Gasteiger partial charge in [0, 0.05) is 10.6 Å². The van der Waals surface area contributed by atoms with Gasteiger partial charge in [0.1, 0.15) is 0 Å². The number of benzene rings is 2. The Bertz CT molecular complexity index is 499. The number of anilines is 1. The number of hydrogen-bond acceptors (Lipinski definition) is 3. The Hall–Kier alpha value is -1.45. The van der Waals surface area contributed by atoms with Gasteiger partial charge in [-0.1, -0.05) is 42.1 Å². The Balaban J connectivity index is 1.77. The van der Waals surface area contributed by atoms with Crippen LogP contribution in [0.2, 0.25) is 0 Å². The lowest BCUT2D eigenvalue weighted by atomic mass is 10.2. The van der Waals surface area contributed by atoms with Crippen molar-refractivity contribution in [2.45, 2.75) is 18.4 Å². The molecule has 2 N–H and O–H groups in total. The van der Waals surface area contributed by atoms with Crippen molar-refractivity contribution < 1.29 is 4.74 Å². The monoisotopic (exact) mass is 259 g/mol. The third-order valence-corrected chi connectivity index (χ3v) is 3.53. The third-order valence-electron chi connectivity index (χ3n) is 2.66. The molecule has 0 unspecified atom stereocenters. The molecular formula is C15H17NOS. The summed E-state index contributed by atoms with van der Waals surface area (Å²) in [5.74, 6) is 0.651. The Labute approximate surface area is 112 Å². The highest BCUT2D eigenvalue weighted by atomic mass is 32.2. The molecular weight excluding hydrogens is 242 g/mol. The highest BCUT2D eigenvalue weighted by Gasteiger charge is 1.98. The van der Waals surface area contributed by atoms with Crippen molar-refractivity contribution in [3.05, 3.63) is 59.7 Å². The molecule has 0 bridgehead atoms. The van der Waals surface area contributed by atoms with E-state index in [1.807, 2.05) is 37.3 Å². The lowest BCUT2D eigenvalue weighted by molar-refractivity contribution is 0.169. The van der Waals surface area contributed by atoms with Crippen LogP contribution >= 0.6 is 11.8 Å². The molecule has 0 aliphatic rings. The first kappa shape index (κ1) is 13.0. The van der Waals surface area contributed by atoms with Crippen LogP contribution in [0.15, 0.2) is 53.4 Å². The third kappa shape index (κ3) is 3.79. The Morgan fingerprint density at radius 1 is 1.11 bits per heavy atom. The van der Waals surface area contributed by atoms with Crippen LogP contribution in [0, 0.1) is 6.92 Å². The molecule has 18 heavy (non-hydrogen) atoms. The smallest absolute Gasteiger partial charge is 0.0971 e. The molecule has 0 radical (unpaired) electrons. The van der Waals surface area contributed by atoms with E-state index in [4.69, 9.17) is 10.5 Å². The van der Waals surface area contributed by atoms with Crippen molar-refractivity contribution >= 4 is 17.4 Å². The molecule has 0 aliphatic carbocycles. The number of hydrogen-bond donors (Lipinski definition) is 1. The maximum atomic E-state index is 5.78. The summed E-state index contributed by atoms with van der Waals surface area (Å²) in [6, 6.07) is 16.2. The Kier molecular flexibility index (Phi) is 4.67. The second-order valence-corrected chi connectivity index (χ2v) is 5.11. The molecule has 0 fully saturated rings. The summed E-state index contributed by atoms with van der Waals surface area (Å²) in [6.07, 6.45) is 0. The van der Waals surface area contributed by atoms with Gasteiger partial charge in [0.05, 0.1) is 12.5 Å². The summed E-state index contributed by atoms with van der Waals surface area (Å²) in [5, 5.41) is 0. The number of rotatable bonds is 5. The fourth-order valence-electron chi connectivity index (χ4n) is 1.58. The summed E-state index contributed by atoms with van der Waals surface area (Å²) < 4.78 is 5.63. The van der Waals surface area contributed by atoms with Gasteiger partial charge in [0.2, 0.25) is 0 Å². The molecule has 2 aromatic carbocycles. The summed E-state index contributed by atoms with van der Waals surface area (Å²) in [4.78, 5) is 1.19. The van der Waals surface area contributed by atoms with Crippen molar-refractivity contribution in [2.24, 2.45) is 0 Å². The summed E-state index contributed by atoms with van der Waals surface area (Å²) >= 11 is 1.68. The van der Waals surface area contributed by atoms with Crippen LogP contribution in [0.25, 0.3) is 0 Å². The van der Waals surface area contributed by atoms with Crippen LogP contribution in [-0.4, -0.2) is 5.94 Å². The first-order valence-corrected chi connectivity index (χ1v) is 6.85. The molecule has 2 aromatic rings. The molecule has 0 aliphatic heterocycles. The minimum Gasteiger partial charge on any atom is -0.399 e. The van der Waals surface area contributed by atoms with Crippen molar-refractivity contribution in [3.8, 4) is 0 Å². The molecule has 0 saturated heterocycles. The minimum atomic E-state index is 0.651. The van der Waals surface area contributed by atoms with E-state index in [1.165, 1.54) is 10.5 Å². The fraction of sp³-hybridized carbons (Fsp3) is 0.200. The van der Waals surface area contributed by atoms with Crippen molar-refractivity contribution in [2.75, 3.05) is 11.7 Å². The molecule has 94 valence electrons. The number of thioether (sulfide) groups is 1. The zero-order valence-electron chi connectivity index (χ0n) is 10.4. The number of aryl methyl sites for hydroxylation is 1. The Morgan fingerprint density at radius 2 is 1.89 bits per heavy atom. The van der Waals surface area contributed by atoms with E-state index in [0.717, 1.165) is 11.3 Å². The number of nitrogen functional groups attached to an aromatic ring is 1. The van der Waals surface area contributed by atoms with Gasteiger partial charge in [-0.25, -0.2) is 0 Å². The van der Waals surface area contributed by atoms with Crippen molar-refractivity contribution in [1.82, 2.24) is 0 Å². The van der Waals surface area contributed by atoms with Gasteiger partial charge in [-0.05, 0) is 36.2 Å². The highest BCUT2D eigenvalue weighted by Crippen LogP contribution is 2.22. The van der Waals surface area contributed by atoms with Crippen LogP contribution in [0.4, 0.5) is 5.69 Å². The second-order valence-electron chi connectivity index (χ2n) is 4.11. The summed E-state index contributed by atoms with van der Waals surface area (Å²) in [6.45, 7) is 2.67. The van der Waals surface area contributed by atoms with Crippen LogP contribution < -0.4 is 5.73 Å². The molecule has 2 nitrogen and oxygen atoms in total. The summed E-state index contributed by atoms with van der Waals surface area (Å²) in [5.41, 5.74) is 8.93. The lowest BCUT2D eigenvalue weighted by Gasteiger charge is -2.06. The molecule has 0 heterocycles. The standard InChI is InChI=1S/C15H17NOS/c1-12-9-14(7-8-15(12)16)18-11-17-10-13-5-3-2-4-6-13/h2-9H,10-11,16H2,1H3. The van der Waals surface area contributed by atoms with E-state index in [0.29, 0.717) is 12.5 Å². The van der Waals surface area contributed by atoms with Gasteiger partial charge in [-0.3, -0.25) is 0 Å². The normalized spacial score (nSPS) is 10.5. The van der Waals surface area contributed by atoms with Gasteiger partial charge in [-0.15, -0.1) is 0 Å². The van der Waals surface area contributed by atoms with Crippen LogP contribution in [-0.2, 0) is 11.3 Å². The van der Waals surface area contributed by atoms with Gasteiger partial charge >= 0.3 is 0 Å². The number of ether oxygens (including phenoxy) is 1. The van der Waals surface area contributed by atoms with Crippen molar-refractivity contribution in [3.63, 3.8) is 0 Å². The molecule has 0 saturated carbocycles. The fourth-order valence-corrected chi connectivity index (χ4v) is 2.31. The average Bonchev–Trinajstić information content (AvgIpc) is 2.40. The quantitative estimate of drug-likeness (QED) is 0.383. The largest absolute Gasteiger partial charge is 0.399 e. The van der Waals surface area contributed by atoms with Gasteiger partial charge in [-0.2, -0.15) is 0 Å². The number of nitrogens with two attached hydrogens (primary N) is 1. The van der Waals surface area contributed by atoms with Crippen molar-refractivity contribution in [1.29, 1.82) is 0 Å². The van der Waals surface area contributed by atoms with Crippen LogP contribution in [0.3, 0.4) is 0 Å². The van der Waals surface area contributed by atoms with E-state index in [9.17, 15) is 0 Å². The van der Waals surface area contributed by atoms with Gasteiger partial charge in [0.25, 0.3) is 0 Å². The van der Waals surface area contributed by atoms with E-state index < -0.39 is 0 Å². The zero-order valence-corrected chi connectivity index (χ0v) is 11.2. The molecule has 3 heteroatoms. The van der Waals surface area contributed by atoms with Gasteiger partial charge in [0.15, 0.2) is 0 Å². The predicted octanol–water partition coefficient (Wildman–Crippen LogP) is 3.84. The Morgan fingerprint density at radius 3 is 2.61 bits per heavy atom. The topological polar surface area (TPSA) is 35.2 Å². The lowest BCUT2D eigenvalue weighted by Crippen LogP contribution is -1.93. The predicted molar refractivity (Wildman–Crippen MR) is 77.5 cm³/mol. The van der Waals surface area contributed by atoms with E-state index >= 15 is 0 Å². The maximum absolute atomic E-state index is 5.78. The highest BCUT2D eigenvalue weighted by molar-refractivity contribution is 7.99. The molecule has 0 spiro atoms. The first-order chi connectivity index (χ1) is 8.75. The van der Waals surface area contributed by atoms with E-state index in [2.05, 4.69) is 18.2 Å². The molecule has 2 rings (SSSR count). The second kappa shape index (κ2) is 6.47.